The SMILES string of the molecule is O=C(O)C1C=C(Cl)C2=CNC3=C4[C@H](CCC3C(=O)O)[C@H]3CN=CC=C3N4C2C1. The van der Waals surface area contributed by atoms with Crippen molar-refractivity contribution in [2.24, 2.45) is 28.7 Å². The predicted molar refractivity (Wildman–Crippen MR) is 102 cm³/mol. The number of carboxylic acid groups (broad SMARTS) is 2. The van der Waals surface area contributed by atoms with Crippen molar-refractivity contribution in [3.8, 4) is 0 Å². The second kappa shape index (κ2) is 6.24. The highest BCUT2D eigenvalue weighted by molar-refractivity contribution is 6.32. The van der Waals surface area contributed by atoms with E-state index in [0.717, 1.165) is 23.4 Å². The van der Waals surface area contributed by atoms with Gasteiger partial charge in [-0.25, -0.2) is 0 Å². The van der Waals surface area contributed by atoms with Gasteiger partial charge in [-0.1, -0.05) is 17.7 Å². The number of halogens is 1. The van der Waals surface area contributed by atoms with E-state index in [4.69, 9.17) is 11.6 Å². The first-order chi connectivity index (χ1) is 13.5. The van der Waals surface area contributed by atoms with Gasteiger partial charge in [0.1, 0.15) is 0 Å². The normalized spacial score (nSPS) is 35.5. The van der Waals surface area contributed by atoms with Gasteiger partial charge in [-0.05, 0) is 25.3 Å². The predicted octanol–water partition coefficient (Wildman–Crippen LogP) is 2.29. The van der Waals surface area contributed by atoms with Crippen LogP contribution in [0, 0.1) is 23.7 Å². The van der Waals surface area contributed by atoms with E-state index in [1.165, 1.54) is 0 Å². The molecule has 3 N–H and O–H groups in total. The van der Waals surface area contributed by atoms with Crippen LogP contribution in [0.5, 0.6) is 0 Å². The van der Waals surface area contributed by atoms with E-state index in [1.54, 1.807) is 18.5 Å². The van der Waals surface area contributed by atoms with Crippen molar-refractivity contribution in [2.45, 2.75) is 25.3 Å². The van der Waals surface area contributed by atoms with E-state index in [2.05, 4.69) is 15.2 Å². The van der Waals surface area contributed by atoms with Crippen LogP contribution in [-0.4, -0.2) is 45.9 Å². The van der Waals surface area contributed by atoms with Gasteiger partial charge in [-0.2, -0.15) is 0 Å². The molecule has 0 amide bonds. The van der Waals surface area contributed by atoms with Crippen molar-refractivity contribution < 1.29 is 19.8 Å². The quantitative estimate of drug-likeness (QED) is 0.656. The van der Waals surface area contributed by atoms with Crippen LogP contribution in [0.1, 0.15) is 19.3 Å². The smallest absolute Gasteiger partial charge is 0.312 e. The average molecular weight is 402 g/mol. The molecule has 5 aliphatic rings. The van der Waals surface area contributed by atoms with Gasteiger partial charge < -0.3 is 20.4 Å². The Balaban J connectivity index is 1.70. The summed E-state index contributed by atoms with van der Waals surface area (Å²) in [6.07, 6.45) is 8.86. The molecule has 3 aliphatic heterocycles. The molecule has 8 heteroatoms. The van der Waals surface area contributed by atoms with Gasteiger partial charge in [0.05, 0.1) is 17.9 Å². The van der Waals surface area contributed by atoms with Crippen molar-refractivity contribution in [2.75, 3.05) is 6.54 Å². The zero-order valence-corrected chi connectivity index (χ0v) is 15.8. The first-order valence-corrected chi connectivity index (χ1v) is 9.88. The lowest BCUT2D eigenvalue weighted by molar-refractivity contribution is -0.141. The molecule has 1 fully saturated rings. The number of fused-ring (bicyclic) bond motifs is 5. The molecular weight excluding hydrogens is 382 g/mol. The number of carbonyl (C=O) groups is 2. The number of aliphatic imine (C=N–C) groups is 1. The number of hydrogen-bond donors (Lipinski definition) is 3. The first kappa shape index (κ1) is 17.6. The molecule has 1 saturated heterocycles. The summed E-state index contributed by atoms with van der Waals surface area (Å²) < 4.78 is 0. The molecule has 0 saturated carbocycles. The first-order valence-electron chi connectivity index (χ1n) is 9.50. The van der Waals surface area contributed by atoms with Gasteiger partial charge in [-0.3, -0.25) is 14.6 Å². The third-order valence-electron chi connectivity index (χ3n) is 6.57. The molecule has 146 valence electrons. The molecule has 7 nitrogen and oxygen atoms in total. The molecule has 28 heavy (non-hydrogen) atoms. The molecule has 2 aliphatic carbocycles. The summed E-state index contributed by atoms with van der Waals surface area (Å²) >= 11 is 6.49. The molecule has 3 heterocycles. The number of allylic oxidation sites excluding steroid dienone is 2. The van der Waals surface area contributed by atoms with E-state index in [1.807, 2.05) is 6.08 Å². The van der Waals surface area contributed by atoms with Gasteiger partial charge in [0.2, 0.25) is 0 Å². The Kier molecular flexibility index (Phi) is 3.91. The lowest BCUT2D eigenvalue weighted by Crippen LogP contribution is -2.39. The minimum Gasteiger partial charge on any atom is -0.481 e. The number of dihydropyridines is 1. The van der Waals surface area contributed by atoms with Crippen LogP contribution in [0.2, 0.25) is 0 Å². The molecule has 0 aromatic carbocycles. The zero-order chi connectivity index (χ0) is 19.6. The van der Waals surface area contributed by atoms with Crippen LogP contribution in [-0.2, 0) is 9.59 Å². The fourth-order valence-corrected chi connectivity index (χ4v) is 5.66. The lowest BCUT2D eigenvalue weighted by Gasteiger charge is -2.38. The number of nitrogens with one attached hydrogen (secondary N) is 1. The third-order valence-corrected chi connectivity index (χ3v) is 6.91. The Morgan fingerprint density at radius 3 is 2.79 bits per heavy atom. The van der Waals surface area contributed by atoms with Crippen molar-refractivity contribution in [3.05, 3.63) is 46.0 Å². The van der Waals surface area contributed by atoms with Gasteiger partial charge in [-0.15, -0.1) is 0 Å². The fourth-order valence-electron chi connectivity index (χ4n) is 5.33. The van der Waals surface area contributed by atoms with Crippen LogP contribution >= 0.6 is 11.6 Å². The summed E-state index contributed by atoms with van der Waals surface area (Å²) in [6.45, 7) is 0.666. The fraction of sp³-hybridized carbons (Fsp3) is 0.450. The van der Waals surface area contributed by atoms with Crippen LogP contribution in [0.4, 0.5) is 0 Å². The number of carboxylic acids is 2. The van der Waals surface area contributed by atoms with Crippen LogP contribution in [0.15, 0.2) is 51.0 Å². The Hall–Kier alpha value is -2.54. The van der Waals surface area contributed by atoms with E-state index in [0.29, 0.717) is 30.1 Å². The maximum absolute atomic E-state index is 11.9. The number of nitrogens with zero attached hydrogens (tertiary/aromatic N) is 2. The summed E-state index contributed by atoms with van der Waals surface area (Å²) in [5.74, 6) is -2.65. The lowest BCUT2D eigenvalue weighted by atomic mass is 9.78. The van der Waals surface area contributed by atoms with Crippen molar-refractivity contribution in [1.29, 1.82) is 0 Å². The second-order valence-corrected chi connectivity index (χ2v) is 8.32. The monoisotopic (exact) mass is 401 g/mol. The highest BCUT2D eigenvalue weighted by Gasteiger charge is 2.52. The van der Waals surface area contributed by atoms with Crippen molar-refractivity contribution in [3.63, 3.8) is 0 Å². The van der Waals surface area contributed by atoms with Crippen molar-refractivity contribution >= 4 is 29.8 Å². The molecule has 0 spiro atoms. The summed E-state index contributed by atoms with van der Waals surface area (Å²) in [6, 6.07) is -0.239. The summed E-state index contributed by atoms with van der Waals surface area (Å²) in [5.41, 5.74) is 3.58. The topological polar surface area (TPSA) is 102 Å². The highest BCUT2D eigenvalue weighted by atomic mass is 35.5. The van der Waals surface area contributed by atoms with E-state index in [-0.39, 0.29) is 17.9 Å². The van der Waals surface area contributed by atoms with E-state index in [9.17, 15) is 19.8 Å². The van der Waals surface area contributed by atoms with Crippen LogP contribution in [0.25, 0.3) is 0 Å². The van der Waals surface area contributed by atoms with Crippen LogP contribution in [0.3, 0.4) is 0 Å². The number of aliphatic carboxylic acids is 2. The van der Waals surface area contributed by atoms with E-state index < -0.39 is 23.8 Å². The van der Waals surface area contributed by atoms with Gasteiger partial charge >= 0.3 is 11.9 Å². The highest BCUT2D eigenvalue weighted by Crippen LogP contribution is 2.54. The number of hydrogen-bond acceptors (Lipinski definition) is 5. The summed E-state index contributed by atoms with van der Waals surface area (Å²) in [5, 5.41) is 23.0. The summed E-state index contributed by atoms with van der Waals surface area (Å²) in [7, 11) is 0. The molecule has 5 atom stereocenters. The van der Waals surface area contributed by atoms with Gasteiger partial charge in [0.15, 0.2) is 0 Å². The number of rotatable bonds is 2. The zero-order valence-electron chi connectivity index (χ0n) is 15.0. The van der Waals surface area contributed by atoms with Crippen molar-refractivity contribution in [1.82, 2.24) is 10.2 Å². The van der Waals surface area contributed by atoms with Gasteiger partial charge in [0, 0.05) is 58.5 Å². The van der Waals surface area contributed by atoms with Crippen LogP contribution < -0.4 is 5.32 Å². The second-order valence-electron chi connectivity index (χ2n) is 7.91. The van der Waals surface area contributed by atoms with E-state index >= 15 is 0 Å². The maximum Gasteiger partial charge on any atom is 0.312 e. The Morgan fingerprint density at radius 2 is 2.04 bits per heavy atom. The molecule has 0 radical (unpaired) electrons. The minimum atomic E-state index is -0.901. The third kappa shape index (κ3) is 2.38. The average Bonchev–Trinajstić information content (AvgIpc) is 2.89. The molecule has 0 aromatic rings. The minimum absolute atomic E-state index is 0.183. The Labute approximate surface area is 166 Å². The standard InChI is InChI=1S/C20H20ClN3O4/c21-14-5-9(19(25)26)6-16-13(14)8-23-17-11(20(27)28)2-1-10-12-7-22-4-3-15(12)24(16)18(10)17/h3-5,8-12,16,23H,1-2,6-7H2,(H,25,26)(H,27,28)/t9?,10-,11?,12-,16?/m1/s1. The molecule has 0 aromatic heterocycles. The molecule has 0 bridgehead atoms. The maximum atomic E-state index is 11.9. The molecule has 5 rings (SSSR count). The Morgan fingerprint density at radius 1 is 1.21 bits per heavy atom. The largest absolute Gasteiger partial charge is 0.481 e. The van der Waals surface area contributed by atoms with Gasteiger partial charge in [0.25, 0.3) is 0 Å². The summed E-state index contributed by atoms with van der Waals surface area (Å²) in [4.78, 5) is 30.2. The molecular formula is C20H20ClN3O4. The molecule has 3 unspecified atom stereocenters. The Bertz CT molecular complexity index is 932.